The number of esters is 3. The molecule has 0 atom stereocenters. The Labute approximate surface area is 201 Å². The van der Waals surface area contributed by atoms with Crippen LogP contribution in [0.3, 0.4) is 0 Å². The Balaban J connectivity index is 2.44. The Morgan fingerprint density at radius 1 is 0.941 bits per heavy atom. The van der Waals surface area contributed by atoms with E-state index in [9.17, 15) is 19.2 Å². The lowest BCUT2D eigenvalue weighted by Gasteiger charge is -2.29. The predicted molar refractivity (Wildman–Crippen MR) is 125 cm³/mol. The lowest BCUT2D eigenvalue weighted by Crippen LogP contribution is -2.50. The second kappa shape index (κ2) is 10.1. The summed E-state index contributed by atoms with van der Waals surface area (Å²) in [5.41, 5.74) is -1.48. The molecule has 1 N–H and O–H groups in total. The van der Waals surface area contributed by atoms with Crippen molar-refractivity contribution in [3.8, 4) is 0 Å². The molecule has 0 aliphatic heterocycles. The van der Waals surface area contributed by atoms with Gasteiger partial charge in [-0.3, -0.25) is 9.59 Å². The van der Waals surface area contributed by atoms with Gasteiger partial charge in [-0.05, 0) is 57.2 Å². The first-order valence-corrected chi connectivity index (χ1v) is 11.0. The highest BCUT2D eigenvalue weighted by Gasteiger charge is 2.57. The fourth-order valence-electron chi connectivity index (χ4n) is 3.69. The highest BCUT2D eigenvalue weighted by molar-refractivity contribution is 6.30. The molecule has 0 spiro atoms. The van der Waals surface area contributed by atoms with Crippen molar-refractivity contribution in [3.05, 3.63) is 69.9 Å². The van der Waals surface area contributed by atoms with Gasteiger partial charge in [-0.25, -0.2) is 9.59 Å². The molecule has 3 aromatic rings. The molecule has 2 aromatic carbocycles. The average Bonchev–Trinajstić information content (AvgIpc) is 3.16. The summed E-state index contributed by atoms with van der Waals surface area (Å²) >= 11 is 5.96. The maximum absolute atomic E-state index is 13.6. The van der Waals surface area contributed by atoms with Crippen LogP contribution in [0.15, 0.2) is 42.5 Å². The van der Waals surface area contributed by atoms with Crippen LogP contribution in [0.4, 0.5) is 0 Å². The van der Waals surface area contributed by atoms with E-state index in [1.54, 1.807) is 39.0 Å². The van der Waals surface area contributed by atoms with E-state index < -0.39 is 29.3 Å². The predicted octanol–water partition coefficient (Wildman–Crippen LogP) is 4.25. The molecule has 3 rings (SSSR count). The Hall–Kier alpha value is -3.65. The van der Waals surface area contributed by atoms with Crippen molar-refractivity contribution in [1.82, 2.24) is 4.98 Å². The molecule has 1 aromatic heterocycles. The van der Waals surface area contributed by atoms with Crippen LogP contribution in [0.25, 0.3) is 10.9 Å². The number of aromatic nitrogens is 1. The third-order valence-corrected chi connectivity index (χ3v) is 5.31. The van der Waals surface area contributed by atoms with E-state index in [0.717, 1.165) is 12.5 Å². The van der Waals surface area contributed by atoms with Crippen LogP contribution in [-0.2, 0) is 34.2 Å². The van der Waals surface area contributed by atoms with Gasteiger partial charge in [0.2, 0.25) is 5.78 Å². The number of ketones is 1. The Kier molecular flexibility index (Phi) is 7.41. The maximum Gasteiger partial charge on any atom is 0.367 e. The number of benzene rings is 2. The smallest absolute Gasteiger partial charge is 0.367 e. The largest absolute Gasteiger partial charge is 0.462 e. The van der Waals surface area contributed by atoms with Crippen LogP contribution in [0, 0.1) is 6.92 Å². The Morgan fingerprint density at radius 3 is 2.06 bits per heavy atom. The van der Waals surface area contributed by atoms with Crippen molar-refractivity contribution in [2.45, 2.75) is 33.3 Å². The van der Waals surface area contributed by atoms with Gasteiger partial charge < -0.3 is 19.2 Å². The quantitative estimate of drug-likeness (QED) is 0.220. The Bertz CT molecular complexity index is 1240. The third kappa shape index (κ3) is 4.54. The molecular formula is C25H24ClNO7. The van der Waals surface area contributed by atoms with Gasteiger partial charge in [-0.2, -0.15) is 0 Å². The molecule has 0 aliphatic rings. The van der Waals surface area contributed by atoms with Crippen molar-refractivity contribution >= 4 is 46.2 Å². The first kappa shape index (κ1) is 25.0. The van der Waals surface area contributed by atoms with Gasteiger partial charge in [0.15, 0.2) is 0 Å². The molecule has 0 saturated carbocycles. The number of ether oxygens (including phenoxy) is 3. The standard InChI is InChI=1S/C25H24ClNO7/c1-5-32-23(30)25(34-15(4)28,24(31)33-6-2)20-18-13-14(3)7-12-19(18)27-21(20)22(29)16-8-10-17(26)11-9-16/h7-13,27H,5-6H2,1-4H3. The summed E-state index contributed by atoms with van der Waals surface area (Å²) in [5, 5.41) is 0.760. The number of aryl methyl sites for hydroxylation is 1. The molecule has 0 saturated heterocycles. The summed E-state index contributed by atoms with van der Waals surface area (Å²) in [4.78, 5) is 55.5. The first-order valence-electron chi connectivity index (χ1n) is 10.6. The number of nitrogens with one attached hydrogen (secondary N) is 1. The summed E-state index contributed by atoms with van der Waals surface area (Å²) in [6, 6.07) is 11.3. The molecular weight excluding hydrogens is 462 g/mol. The third-order valence-electron chi connectivity index (χ3n) is 5.06. The zero-order valence-electron chi connectivity index (χ0n) is 19.2. The van der Waals surface area contributed by atoms with Gasteiger partial charge in [-0.15, -0.1) is 0 Å². The van der Waals surface area contributed by atoms with Gasteiger partial charge >= 0.3 is 23.5 Å². The number of fused-ring (bicyclic) bond motifs is 1. The number of halogens is 1. The highest BCUT2D eigenvalue weighted by Crippen LogP contribution is 2.39. The molecule has 0 aliphatic carbocycles. The van der Waals surface area contributed by atoms with E-state index in [2.05, 4.69) is 4.98 Å². The van der Waals surface area contributed by atoms with Gasteiger partial charge in [0.25, 0.3) is 0 Å². The fraction of sp³-hybridized carbons (Fsp3) is 0.280. The minimum atomic E-state index is -2.67. The summed E-state index contributed by atoms with van der Waals surface area (Å²) in [6.45, 7) is 5.72. The van der Waals surface area contributed by atoms with Gasteiger partial charge in [0.05, 0.1) is 24.5 Å². The van der Waals surface area contributed by atoms with Crippen LogP contribution in [0.2, 0.25) is 5.02 Å². The van der Waals surface area contributed by atoms with Crippen molar-refractivity contribution in [2.75, 3.05) is 13.2 Å². The van der Waals surface area contributed by atoms with Crippen LogP contribution < -0.4 is 0 Å². The van der Waals surface area contributed by atoms with E-state index in [-0.39, 0.29) is 30.0 Å². The van der Waals surface area contributed by atoms with Crippen LogP contribution in [-0.4, -0.2) is 41.9 Å². The summed E-state index contributed by atoms with van der Waals surface area (Å²) in [5.74, 6) is -3.83. The topological polar surface area (TPSA) is 112 Å². The van der Waals surface area contributed by atoms with Crippen LogP contribution in [0.5, 0.6) is 0 Å². The average molecular weight is 486 g/mol. The molecule has 9 heteroatoms. The number of carbonyl (C=O) groups excluding carboxylic acids is 4. The van der Waals surface area contributed by atoms with E-state index in [1.807, 2.05) is 0 Å². The van der Waals surface area contributed by atoms with Crippen molar-refractivity contribution in [1.29, 1.82) is 0 Å². The number of rotatable bonds is 8. The number of carbonyl (C=O) groups is 4. The van der Waals surface area contributed by atoms with E-state index >= 15 is 0 Å². The van der Waals surface area contributed by atoms with Gasteiger partial charge in [-0.1, -0.05) is 23.2 Å². The minimum Gasteiger partial charge on any atom is -0.462 e. The van der Waals surface area contributed by atoms with Crippen LogP contribution in [0.1, 0.15) is 48.0 Å². The van der Waals surface area contributed by atoms with E-state index in [4.69, 9.17) is 25.8 Å². The van der Waals surface area contributed by atoms with Crippen molar-refractivity contribution < 1.29 is 33.4 Å². The number of aromatic amines is 1. The molecule has 1 heterocycles. The molecule has 0 fully saturated rings. The molecule has 0 radical (unpaired) electrons. The molecule has 0 bridgehead atoms. The lowest BCUT2D eigenvalue weighted by molar-refractivity contribution is -0.197. The minimum absolute atomic E-state index is 0.108. The molecule has 8 nitrogen and oxygen atoms in total. The van der Waals surface area contributed by atoms with Gasteiger partial charge in [0, 0.05) is 28.4 Å². The zero-order valence-corrected chi connectivity index (χ0v) is 19.9. The number of hydrogen-bond donors (Lipinski definition) is 1. The van der Waals surface area contributed by atoms with Crippen molar-refractivity contribution in [2.24, 2.45) is 0 Å². The summed E-state index contributed by atoms with van der Waals surface area (Å²) < 4.78 is 15.8. The molecule has 0 unspecified atom stereocenters. The van der Waals surface area contributed by atoms with E-state index in [0.29, 0.717) is 15.9 Å². The van der Waals surface area contributed by atoms with Crippen molar-refractivity contribution in [3.63, 3.8) is 0 Å². The molecule has 0 amide bonds. The normalized spacial score (nSPS) is 11.2. The second-order valence-corrected chi connectivity index (χ2v) is 7.91. The maximum atomic E-state index is 13.6. The van der Waals surface area contributed by atoms with E-state index in [1.165, 1.54) is 24.3 Å². The second-order valence-electron chi connectivity index (χ2n) is 7.48. The summed E-state index contributed by atoms with van der Waals surface area (Å²) in [6.07, 6.45) is 0. The SMILES string of the molecule is CCOC(=O)C(OC(C)=O)(C(=O)OCC)c1c(C(=O)c2ccc(Cl)cc2)[nH]c2ccc(C)cc12. The molecule has 178 valence electrons. The molecule has 34 heavy (non-hydrogen) atoms. The highest BCUT2D eigenvalue weighted by atomic mass is 35.5. The fourth-order valence-corrected chi connectivity index (χ4v) is 3.82. The Morgan fingerprint density at radius 2 is 1.53 bits per heavy atom. The monoisotopic (exact) mass is 485 g/mol. The summed E-state index contributed by atoms with van der Waals surface area (Å²) in [7, 11) is 0. The van der Waals surface area contributed by atoms with Gasteiger partial charge in [0.1, 0.15) is 0 Å². The van der Waals surface area contributed by atoms with Crippen LogP contribution >= 0.6 is 11.6 Å². The zero-order chi connectivity index (χ0) is 25.0. The number of hydrogen-bond acceptors (Lipinski definition) is 7. The first-order chi connectivity index (χ1) is 16.1. The number of H-pyrrole nitrogens is 1. The lowest BCUT2D eigenvalue weighted by atomic mass is 9.88.